The highest BCUT2D eigenvalue weighted by Crippen LogP contribution is 2.26. The van der Waals surface area contributed by atoms with Gasteiger partial charge in [-0.1, -0.05) is 30.3 Å². The molecule has 0 unspecified atom stereocenters. The fourth-order valence-electron chi connectivity index (χ4n) is 2.66. The van der Waals surface area contributed by atoms with E-state index in [0.29, 0.717) is 16.8 Å². The number of nitrogens with one attached hydrogen (secondary N) is 2. The molecular formula is C18H13N3O2. The van der Waals surface area contributed by atoms with E-state index in [1.165, 1.54) is 0 Å². The van der Waals surface area contributed by atoms with Gasteiger partial charge in [0, 0.05) is 11.8 Å². The van der Waals surface area contributed by atoms with E-state index in [2.05, 4.69) is 15.0 Å². The van der Waals surface area contributed by atoms with Crippen LogP contribution >= 0.6 is 0 Å². The third kappa shape index (κ3) is 2.38. The third-order valence-corrected chi connectivity index (χ3v) is 3.79. The maximum atomic E-state index is 11.3. The second kappa shape index (κ2) is 5.14. The molecule has 3 N–H and O–H groups in total. The van der Waals surface area contributed by atoms with Crippen molar-refractivity contribution >= 4 is 33.7 Å². The van der Waals surface area contributed by atoms with E-state index >= 15 is 0 Å². The van der Waals surface area contributed by atoms with Crippen molar-refractivity contribution in [3.63, 3.8) is 0 Å². The number of phenols is 1. The standard InChI is InChI=1S/C18H13N3O2/c22-17-8-5-11-3-1-2-4-13(11)14(17)10-19-12-6-7-15-16(9-12)21-18(23)20-15/h1-10,22H,(H2,20,21,23). The number of benzene rings is 3. The number of nitrogens with zero attached hydrogens (tertiary/aromatic N) is 1. The lowest BCUT2D eigenvalue weighted by Gasteiger charge is -2.04. The van der Waals surface area contributed by atoms with E-state index in [0.717, 1.165) is 16.3 Å². The number of aromatic amines is 2. The average molecular weight is 303 g/mol. The highest BCUT2D eigenvalue weighted by Gasteiger charge is 2.04. The summed E-state index contributed by atoms with van der Waals surface area (Å²) >= 11 is 0. The summed E-state index contributed by atoms with van der Waals surface area (Å²) in [5.41, 5.74) is 2.56. The molecule has 1 heterocycles. The van der Waals surface area contributed by atoms with Crippen LogP contribution in [-0.4, -0.2) is 21.3 Å². The average Bonchev–Trinajstić information content (AvgIpc) is 2.93. The van der Waals surface area contributed by atoms with Crippen LogP contribution in [-0.2, 0) is 0 Å². The lowest BCUT2D eigenvalue weighted by molar-refractivity contribution is 0.475. The first-order chi connectivity index (χ1) is 11.2. The highest BCUT2D eigenvalue weighted by molar-refractivity contribution is 6.03. The predicted octanol–water partition coefficient (Wildman–Crippen LogP) is 3.47. The zero-order valence-electron chi connectivity index (χ0n) is 12.1. The monoisotopic (exact) mass is 303 g/mol. The van der Waals surface area contributed by atoms with E-state index in [-0.39, 0.29) is 11.4 Å². The fourth-order valence-corrected chi connectivity index (χ4v) is 2.66. The van der Waals surface area contributed by atoms with Crippen LogP contribution in [0.25, 0.3) is 21.8 Å². The normalized spacial score (nSPS) is 11.7. The molecule has 5 nitrogen and oxygen atoms in total. The molecule has 0 aliphatic carbocycles. The topological polar surface area (TPSA) is 81.2 Å². The van der Waals surface area contributed by atoms with Crippen LogP contribution in [0.2, 0.25) is 0 Å². The first-order valence-corrected chi connectivity index (χ1v) is 7.17. The van der Waals surface area contributed by atoms with Crippen molar-refractivity contribution in [1.29, 1.82) is 0 Å². The summed E-state index contributed by atoms with van der Waals surface area (Å²) in [6, 6.07) is 16.7. The molecule has 0 saturated heterocycles. The molecule has 0 aliphatic heterocycles. The summed E-state index contributed by atoms with van der Waals surface area (Å²) in [7, 11) is 0. The molecule has 0 fully saturated rings. The zero-order chi connectivity index (χ0) is 15.8. The minimum absolute atomic E-state index is 0.184. The maximum Gasteiger partial charge on any atom is 0.323 e. The Morgan fingerprint density at radius 2 is 1.78 bits per heavy atom. The number of hydrogen-bond acceptors (Lipinski definition) is 3. The van der Waals surface area contributed by atoms with Crippen LogP contribution in [0.4, 0.5) is 5.69 Å². The van der Waals surface area contributed by atoms with Gasteiger partial charge in [-0.2, -0.15) is 0 Å². The quantitative estimate of drug-likeness (QED) is 0.496. The number of aromatic nitrogens is 2. The molecule has 4 aromatic rings. The molecule has 5 heteroatoms. The number of rotatable bonds is 2. The molecule has 0 spiro atoms. The van der Waals surface area contributed by atoms with Crippen molar-refractivity contribution in [3.8, 4) is 5.75 Å². The highest BCUT2D eigenvalue weighted by atomic mass is 16.3. The Kier molecular flexibility index (Phi) is 2.98. The second-order valence-corrected chi connectivity index (χ2v) is 5.29. The molecule has 112 valence electrons. The van der Waals surface area contributed by atoms with Crippen LogP contribution in [0.1, 0.15) is 5.56 Å². The van der Waals surface area contributed by atoms with Gasteiger partial charge in [0.25, 0.3) is 0 Å². The Bertz CT molecular complexity index is 1110. The van der Waals surface area contributed by atoms with Gasteiger partial charge in [0.2, 0.25) is 0 Å². The van der Waals surface area contributed by atoms with E-state index in [9.17, 15) is 9.90 Å². The largest absolute Gasteiger partial charge is 0.507 e. The SMILES string of the molecule is O=c1[nH]c2ccc(N=Cc3c(O)ccc4ccccc34)cc2[nH]1. The van der Waals surface area contributed by atoms with Crippen molar-refractivity contribution in [2.24, 2.45) is 4.99 Å². The summed E-state index contributed by atoms with van der Waals surface area (Å²) in [5.74, 6) is 0.184. The molecule has 1 aromatic heterocycles. The van der Waals surface area contributed by atoms with E-state index in [4.69, 9.17) is 0 Å². The van der Waals surface area contributed by atoms with Crippen molar-refractivity contribution in [1.82, 2.24) is 9.97 Å². The van der Waals surface area contributed by atoms with Crippen molar-refractivity contribution in [2.45, 2.75) is 0 Å². The van der Waals surface area contributed by atoms with Crippen molar-refractivity contribution in [3.05, 3.63) is 70.6 Å². The van der Waals surface area contributed by atoms with Crippen LogP contribution in [0, 0.1) is 0 Å². The molecule has 0 amide bonds. The minimum atomic E-state index is -0.243. The van der Waals surface area contributed by atoms with Gasteiger partial charge in [-0.15, -0.1) is 0 Å². The molecular weight excluding hydrogens is 290 g/mol. The van der Waals surface area contributed by atoms with Gasteiger partial charge in [-0.3, -0.25) is 4.99 Å². The van der Waals surface area contributed by atoms with Gasteiger partial charge in [0.05, 0.1) is 16.7 Å². The number of imidazole rings is 1. The fraction of sp³-hybridized carbons (Fsp3) is 0. The third-order valence-electron chi connectivity index (χ3n) is 3.79. The number of fused-ring (bicyclic) bond motifs is 2. The smallest absolute Gasteiger partial charge is 0.323 e. The molecule has 0 aliphatic rings. The number of hydrogen-bond donors (Lipinski definition) is 3. The molecule has 3 aromatic carbocycles. The Labute approximate surface area is 130 Å². The van der Waals surface area contributed by atoms with E-state index < -0.39 is 0 Å². The number of aliphatic imine (C=N–C) groups is 1. The number of H-pyrrole nitrogens is 2. The van der Waals surface area contributed by atoms with E-state index in [1.807, 2.05) is 36.4 Å². The Morgan fingerprint density at radius 1 is 0.957 bits per heavy atom. The lowest BCUT2D eigenvalue weighted by atomic mass is 10.0. The van der Waals surface area contributed by atoms with Gasteiger partial charge in [0.15, 0.2) is 0 Å². The second-order valence-electron chi connectivity index (χ2n) is 5.29. The Balaban J connectivity index is 1.80. The Hall–Kier alpha value is -3.34. The van der Waals surface area contributed by atoms with Crippen LogP contribution in [0.15, 0.2) is 64.4 Å². The first kappa shape index (κ1) is 13.3. The number of phenolic OH excluding ortho intramolecular Hbond substituents is 1. The van der Waals surface area contributed by atoms with Gasteiger partial charge < -0.3 is 15.1 Å². The van der Waals surface area contributed by atoms with Crippen molar-refractivity contribution in [2.75, 3.05) is 0 Å². The summed E-state index contributed by atoms with van der Waals surface area (Å²) in [6.45, 7) is 0. The number of aromatic hydroxyl groups is 1. The molecule has 0 atom stereocenters. The summed E-state index contributed by atoms with van der Waals surface area (Å²) in [5, 5.41) is 12.1. The summed E-state index contributed by atoms with van der Waals surface area (Å²) in [6.07, 6.45) is 1.64. The van der Waals surface area contributed by atoms with Gasteiger partial charge in [-0.25, -0.2) is 4.79 Å². The maximum absolute atomic E-state index is 11.3. The van der Waals surface area contributed by atoms with E-state index in [1.54, 1.807) is 24.4 Å². The zero-order valence-corrected chi connectivity index (χ0v) is 12.1. The molecule has 4 rings (SSSR count). The molecule has 0 bridgehead atoms. The van der Waals surface area contributed by atoms with Crippen LogP contribution in [0.3, 0.4) is 0 Å². The lowest BCUT2D eigenvalue weighted by Crippen LogP contribution is -1.99. The Morgan fingerprint density at radius 3 is 2.70 bits per heavy atom. The van der Waals surface area contributed by atoms with Crippen LogP contribution in [0.5, 0.6) is 5.75 Å². The van der Waals surface area contributed by atoms with Gasteiger partial charge >= 0.3 is 5.69 Å². The summed E-state index contributed by atoms with van der Waals surface area (Å²) in [4.78, 5) is 21.1. The van der Waals surface area contributed by atoms with Crippen molar-refractivity contribution < 1.29 is 5.11 Å². The molecule has 23 heavy (non-hydrogen) atoms. The van der Waals surface area contributed by atoms with Gasteiger partial charge in [-0.05, 0) is 35.0 Å². The first-order valence-electron chi connectivity index (χ1n) is 7.17. The molecule has 0 saturated carbocycles. The predicted molar refractivity (Wildman–Crippen MR) is 91.8 cm³/mol. The minimum Gasteiger partial charge on any atom is -0.507 e. The molecule has 0 radical (unpaired) electrons. The van der Waals surface area contributed by atoms with Crippen LogP contribution < -0.4 is 5.69 Å². The van der Waals surface area contributed by atoms with Gasteiger partial charge in [0.1, 0.15) is 5.75 Å². The summed E-state index contributed by atoms with van der Waals surface area (Å²) < 4.78 is 0.